The second-order valence-electron chi connectivity index (χ2n) is 1.63. The Labute approximate surface area is 77.9 Å². The van der Waals surface area contributed by atoms with Crippen LogP contribution in [0.1, 0.15) is 0 Å². The standard InChI is InChI=1S/C3H9P.C3H5.BrH.Pd/c1-4(2)3;1-3-2;;/h1-3H3;3H,1-2H2;1H;/q;-1;;+2/p-1. The van der Waals surface area contributed by atoms with Gasteiger partial charge in [-0.15, -0.1) is 7.92 Å². The summed E-state index contributed by atoms with van der Waals surface area (Å²) < 4.78 is 0. The molecule has 0 aliphatic heterocycles. The molecule has 0 bridgehead atoms. The zero-order valence-corrected chi connectivity index (χ0v) is 10.2. The first-order valence-corrected chi connectivity index (χ1v) is 8.52. The zero-order chi connectivity index (χ0) is 8.28. The van der Waals surface area contributed by atoms with Gasteiger partial charge in [-0.3, -0.25) is 0 Å². The van der Waals surface area contributed by atoms with Crippen LogP contribution in [0.4, 0.5) is 0 Å². The maximum atomic E-state index is 3.25. The second-order valence-corrected chi connectivity index (χ2v) is 4.31. The van der Waals surface area contributed by atoms with Gasteiger partial charge >= 0.3 is 30.6 Å². The van der Waals surface area contributed by atoms with Gasteiger partial charge in [0.15, 0.2) is 0 Å². The van der Waals surface area contributed by atoms with Crippen LogP contribution in [-0.4, -0.2) is 20.0 Å². The van der Waals surface area contributed by atoms with Gasteiger partial charge in [-0.2, -0.15) is 0 Å². The third-order valence-corrected chi connectivity index (χ3v) is 0. The molecule has 0 spiro atoms. The molecule has 0 aromatic carbocycles. The molecule has 0 aromatic rings. The van der Waals surface area contributed by atoms with Crippen molar-refractivity contribution in [2.75, 3.05) is 20.0 Å². The summed E-state index contributed by atoms with van der Waals surface area (Å²) in [5.41, 5.74) is 0. The number of halogens is 1. The molecule has 0 aliphatic rings. The van der Waals surface area contributed by atoms with E-state index >= 15 is 0 Å². The minimum absolute atomic E-state index is 0.380. The van der Waals surface area contributed by atoms with Crippen LogP contribution in [-0.2, 0) is 17.2 Å². The summed E-state index contributed by atoms with van der Waals surface area (Å²) in [6.45, 7) is 13.2. The monoisotopic (exact) mass is 302 g/mol. The summed E-state index contributed by atoms with van der Waals surface area (Å²) in [5, 5.41) is 0. The van der Waals surface area contributed by atoms with Gasteiger partial charge in [-0.25, -0.2) is 19.6 Å². The van der Waals surface area contributed by atoms with E-state index in [2.05, 4.69) is 64.1 Å². The van der Waals surface area contributed by atoms with Crippen molar-refractivity contribution in [3.05, 3.63) is 19.6 Å². The molecule has 0 saturated heterocycles. The Balaban J connectivity index is -0.0000000646. The third kappa shape index (κ3) is 339. The van der Waals surface area contributed by atoms with Crippen molar-refractivity contribution in [1.29, 1.82) is 0 Å². The van der Waals surface area contributed by atoms with Crippen molar-refractivity contribution in [3.8, 4) is 0 Å². The van der Waals surface area contributed by atoms with Crippen LogP contribution >= 0.6 is 21.4 Å². The predicted molar refractivity (Wildman–Crippen MR) is 49.2 cm³/mol. The van der Waals surface area contributed by atoms with Crippen LogP contribution in [0.15, 0.2) is 12.7 Å². The van der Waals surface area contributed by atoms with Crippen molar-refractivity contribution in [1.82, 2.24) is 0 Å². The first-order chi connectivity index (χ1) is 4.15. The maximum absolute atomic E-state index is 3.25. The van der Waals surface area contributed by atoms with E-state index < -0.39 is 0 Å². The molecular formula is C6H14BrPPd. The Hall–Kier alpha value is 1.18. The van der Waals surface area contributed by atoms with Gasteiger partial charge in [0.2, 0.25) is 0 Å². The fourth-order valence-corrected chi connectivity index (χ4v) is 0. The molecule has 0 saturated carbocycles. The van der Waals surface area contributed by atoms with Crippen molar-refractivity contribution in [2.45, 2.75) is 0 Å². The normalized spacial score (nSPS) is 6.11. The van der Waals surface area contributed by atoms with Crippen LogP contribution < -0.4 is 0 Å². The van der Waals surface area contributed by atoms with Gasteiger partial charge in [0, 0.05) is 0 Å². The summed E-state index contributed by atoms with van der Waals surface area (Å²) in [7, 11) is 0.380. The van der Waals surface area contributed by atoms with E-state index in [4.69, 9.17) is 0 Å². The van der Waals surface area contributed by atoms with Gasteiger partial charge in [-0.05, 0) is 20.0 Å². The average molecular weight is 303 g/mol. The predicted octanol–water partition coefficient (Wildman–Crippen LogP) is 3.21. The van der Waals surface area contributed by atoms with Gasteiger partial charge in [0.05, 0.1) is 0 Å². The molecular weight excluding hydrogens is 289 g/mol. The molecule has 60 valence electrons. The number of hydrogen-bond acceptors (Lipinski definition) is 0. The summed E-state index contributed by atoms with van der Waals surface area (Å²) in [5.74, 6) is 0. The van der Waals surface area contributed by atoms with E-state index in [1.54, 1.807) is 0 Å². The topological polar surface area (TPSA) is 0 Å². The van der Waals surface area contributed by atoms with Crippen LogP contribution in [0.2, 0.25) is 0 Å². The molecule has 0 nitrogen and oxygen atoms in total. The molecule has 0 rings (SSSR count). The Bertz CT molecular complexity index is 37.3. The number of hydrogen-bond donors (Lipinski definition) is 0. The van der Waals surface area contributed by atoms with Crippen LogP contribution in [0.25, 0.3) is 0 Å². The Morgan fingerprint density at radius 2 is 1.44 bits per heavy atom. The Kier molecular flexibility index (Phi) is 42.3. The third-order valence-electron chi connectivity index (χ3n) is 0. The molecule has 0 amide bonds. The molecule has 3 heteroatoms. The second kappa shape index (κ2) is 22.9. The molecule has 0 heterocycles. The van der Waals surface area contributed by atoms with Crippen molar-refractivity contribution in [2.24, 2.45) is 0 Å². The van der Waals surface area contributed by atoms with Crippen molar-refractivity contribution < 1.29 is 17.2 Å². The van der Waals surface area contributed by atoms with E-state index in [0.717, 1.165) is 0 Å². The molecule has 0 radical (unpaired) electrons. The molecule has 0 fully saturated rings. The molecule has 9 heavy (non-hydrogen) atoms. The van der Waals surface area contributed by atoms with E-state index in [-0.39, 0.29) is 0 Å². The fraction of sp³-hybridized carbons (Fsp3) is 0.500. The van der Waals surface area contributed by atoms with Crippen molar-refractivity contribution in [3.63, 3.8) is 0 Å². The molecule has 0 unspecified atom stereocenters. The summed E-state index contributed by atoms with van der Waals surface area (Å²) in [6, 6.07) is 0. The quantitative estimate of drug-likeness (QED) is 0.366. The van der Waals surface area contributed by atoms with E-state index in [9.17, 15) is 0 Å². The molecule has 0 aromatic heterocycles. The first kappa shape index (κ1) is 16.6. The van der Waals surface area contributed by atoms with E-state index in [0.29, 0.717) is 7.92 Å². The van der Waals surface area contributed by atoms with E-state index in [1.165, 1.54) is 6.08 Å². The molecule has 0 atom stereocenters. The van der Waals surface area contributed by atoms with Gasteiger partial charge in [0.1, 0.15) is 0 Å². The fourth-order valence-electron chi connectivity index (χ4n) is 0. The SMILES string of the molecule is C=C[CH2-].CP(C)C.[Br][Pd+]. The van der Waals surface area contributed by atoms with Gasteiger partial charge < -0.3 is 0 Å². The van der Waals surface area contributed by atoms with E-state index in [1.807, 2.05) is 0 Å². The first-order valence-electron chi connectivity index (χ1n) is 2.28. The van der Waals surface area contributed by atoms with Gasteiger partial charge in [-0.1, -0.05) is 0 Å². The Morgan fingerprint density at radius 1 is 1.44 bits per heavy atom. The molecule has 0 N–H and O–H groups in total. The van der Waals surface area contributed by atoms with Crippen molar-refractivity contribution >= 4 is 21.4 Å². The van der Waals surface area contributed by atoms with Gasteiger partial charge in [0.25, 0.3) is 0 Å². The van der Waals surface area contributed by atoms with Crippen LogP contribution in [0.5, 0.6) is 0 Å². The minimum atomic E-state index is 0.380. The summed E-state index contributed by atoms with van der Waals surface area (Å²) in [4.78, 5) is 0. The Morgan fingerprint density at radius 3 is 1.44 bits per heavy atom. The number of rotatable bonds is 0. The zero-order valence-electron chi connectivity index (χ0n) is 6.13. The summed E-state index contributed by atoms with van der Waals surface area (Å²) >= 11 is 5.35. The summed E-state index contributed by atoms with van der Waals surface area (Å²) in [6.07, 6.45) is 1.50. The van der Waals surface area contributed by atoms with Crippen LogP contribution in [0.3, 0.4) is 0 Å². The molecule has 0 aliphatic carbocycles. The number of allylic oxidation sites excluding steroid dienone is 1. The average Bonchev–Trinajstić information content (AvgIpc) is 1.71. The van der Waals surface area contributed by atoms with Crippen LogP contribution in [0, 0.1) is 6.92 Å².